The van der Waals surface area contributed by atoms with E-state index >= 15 is 0 Å². The van der Waals surface area contributed by atoms with Gasteiger partial charge in [0, 0.05) is 0 Å². The molecule has 0 heterocycles. The van der Waals surface area contributed by atoms with E-state index < -0.39 is 0 Å². The summed E-state index contributed by atoms with van der Waals surface area (Å²) in [6, 6.07) is 0. The molecule has 0 bridgehead atoms. The Hall–Kier alpha value is 0. The lowest BCUT2D eigenvalue weighted by Gasteiger charge is -2.19. The first-order chi connectivity index (χ1) is 5.07. The van der Waals surface area contributed by atoms with Gasteiger partial charge in [0.05, 0.1) is 0 Å². The predicted molar refractivity (Wildman–Crippen MR) is 52.4 cm³/mol. The molecule has 0 saturated carbocycles. The molecular formula is C11H23. The number of hydrogen-bond donors (Lipinski definition) is 0. The second kappa shape index (κ2) is 5.62. The van der Waals surface area contributed by atoms with Crippen molar-refractivity contribution >= 4 is 0 Å². The third kappa shape index (κ3) is 5.29. The number of rotatable bonds is 5. The van der Waals surface area contributed by atoms with Crippen LogP contribution in [0.25, 0.3) is 0 Å². The highest BCUT2D eigenvalue weighted by molar-refractivity contribution is 4.62. The second-order valence-electron chi connectivity index (χ2n) is 4.20. The van der Waals surface area contributed by atoms with Gasteiger partial charge in [-0.05, 0) is 24.2 Å². The molecule has 0 saturated heterocycles. The van der Waals surface area contributed by atoms with Crippen molar-refractivity contribution in [2.75, 3.05) is 0 Å². The van der Waals surface area contributed by atoms with Crippen molar-refractivity contribution in [1.82, 2.24) is 0 Å². The van der Waals surface area contributed by atoms with Gasteiger partial charge in [-0.2, -0.15) is 0 Å². The van der Waals surface area contributed by atoms with E-state index in [1.165, 1.54) is 12.8 Å². The minimum atomic E-state index is 0.835. The van der Waals surface area contributed by atoms with Crippen LogP contribution >= 0.6 is 0 Å². The summed E-state index contributed by atoms with van der Waals surface area (Å²) in [6.45, 7) is 13.2. The molecule has 0 aromatic carbocycles. The van der Waals surface area contributed by atoms with Gasteiger partial charge in [0.15, 0.2) is 0 Å². The van der Waals surface area contributed by atoms with E-state index in [2.05, 4.69) is 34.6 Å². The average Bonchev–Trinajstić information content (AvgIpc) is 1.87. The fourth-order valence-electron chi connectivity index (χ4n) is 1.37. The molecule has 0 N–H and O–H groups in total. The molecule has 11 heavy (non-hydrogen) atoms. The molecule has 67 valence electrons. The molecular weight excluding hydrogens is 132 g/mol. The van der Waals surface area contributed by atoms with E-state index in [9.17, 15) is 0 Å². The highest BCUT2D eigenvalue weighted by atomic mass is 14.2. The van der Waals surface area contributed by atoms with Crippen LogP contribution in [0.5, 0.6) is 0 Å². The Bertz CT molecular complexity index is 84.0. The van der Waals surface area contributed by atoms with Crippen LogP contribution in [0.3, 0.4) is 0 Å². The van der Waals surface area contributed by atoms with Crippen molar-refractivity contribution in [3.8, 4) is 0 Å². The Kier molecular flexibility index (Phi) is 5.62. The standard InChI is InChI=1S/C11H23/c1-6-7-10(4)8-11(5)9(2)3/h9-11H,1,6-8H2,2-5H3. The van der Waals surface area contributed by atoms with Gasteiger partial charge in [-0.15, -0.1) is 0 Å². The first-order valence-electron chi connectivity index (χ1n) is 4.87. The van der Waals surface area contributed by atoms with Crippen molar-refractivity contribution < 1.29 is 0 Å². The fourth-order valence-corrected chi connectivity index (χ4v) is 1.37. The maximum atomic E-state index is 3.88. The van der Waals surface area contributed by atoms with Gasteiger partial charge in [0.1, 0.15) is 0 Å². The first-order valence-corrected chi connectivity index (χ1v) is 4.87. The van der Waals surface area contributed by atoms with Gasteiger partial charge in [0.25, 0.3) is 0 Å². The Morgan fingerprint density at radius 2 is 1.64 bits per heavy atom. The SMILES string of the molecule is [CH2]CCC(C)CC(C)C(C)C. The van der Waals surface area contributed by atoms with Crippen molar-refractivity contribution in [2.24, 2.45) is 17.8 Å². The molecule has 0 aliphatic rings. The van der Waals surface area contributed by atoms with E-state index in [1.54, 1.807) is 0 Å². The molecule has 0 aromatic rings. The summed E-state index contributed by atoms with van der Waals surface area (Å²) in [4.78, 5) is 0. The molecule has 2 atom stereocenters. The Morgan fingerprint density at radius 3 is 2.00 bits per heavy atom. The lowest BCUT2D eigenvalue weighted by Crippen LogP contribution is -2.08. The van der Waals surface area contributed by atoms with Crippen molar-refractivity contribution in [2.45, 2.75) is 47.0 Å². The number of hydrogen-bond acceptors (Lipinski definition) is 0. The first kappa shape index (κ1) is 11.0. The highest BCUT2D eigenvalue weighted by Crippen LogP contribution is 2.21. The summed E-state index contributed by atoms with van der Waals surface area (Å²) < 4.78 is 0. The highest BCUT2D eigenvalue weighted by Gasteiger charge is 2.10. The zero-order chi connectivity index (χ0) is 8.85. The molecule has 0 aliphatic carbocycles. The molecule has 0 fully saturated rings. The molecule has 0 rings (SSSR count). The van der Waals surface area contributed by atoms with Crippen molar-refractivity contribution in [3.05, 3.63) is 6.92 Å². The zero-order valence-corrected chi connectivity index (χ0v) is 8.56. The van der Waals surface area contributed by atoms with Crippen LogP contribution in [0.2, 0.25) is 0 Å². The van der Waals surface area contributed by atoms with E-state index in [-0.39, 0.29) is 0 Å². The molecule has 0 heteroatoms. The van der Waals surface area contributed by atoms with Crippen LogP contribution in [0.1, 0.15) is 47.0 Å². The third-order valence-corrected chi connectivity index (χ3v) is 2.61. The summed E-state index contributed by atoms with van der Waals surface area (Å²) >= 11 is 0. The zero-order valence-electron chi connectivity index (χ0n) is 8.56. The lowest BCUT2D eigenvalue weighted by molar-refractivity contribution is 0.322. The van der Waals surface area contributed by atoms with Gasteiger partial charge in [0.2, 0.25) is 0 Å². The van der Waals surface area contributed by atoms with E-state index in [0.717, 1.165) is 24.2 Å². The monoisotopic (exact) mass is 155 g/mol. The predicted octanol–water partition coefficient (Wildman–Crippen LogP) is 3.92. The van der Waals surface area contributed by atoms with Gasteiger partial charge >= 0.3 is 0 Å². The quantitative estimate of drug-likeness (QED) is 0.564. The summed E-state index contributed by atoms with van der Waals surface area (Å²) in [5.74, 6) is 2.57. The minimum Gasteiger partial charge on any atom is -0.0625 e. The summed E-state index contributed by atoms with van der Waals surface area (Å²) in [6.07, 6.45) is 3.75. The molecule has 0 aromatic heterocycles. The molecule has 0 amide bonds. The summed E-state index contributed by atoms with van der Waals surface area (Å²) in [5.41, 5.74) is 0. The van der Waals surface area contributed by atoms with Crippen LogP contribution in [0.15, 0.2) is 0 Å². The Balaban J connectivity index is 3.48. The molecule has 2 unspecified atom stereocenters. The molecule has 0 spiro atoms. The fraction of sp³-hybridized carbons (Fsp3) is 0.909. The van der Waals surface area contributed by atoms with E-state index in [0.29, 0.717) is 0 Å². The Morgan fingerprint density at radius 1 is 1.09 bits per heavy atom. The largest absolute Gasteiger partial charge is 0.0625 e. The van der Waals surface area contributed by atoms with Crippen molar-refractivity contribution in [1.29, 1.82) is 0 Å². The maximum absolute atomic E-state index is 3.88. The maximum Gasteiger partial charge on any atom is -0.0417 e. The average molecular weight is 155 g/mol. The minimum absolute atomic E-state index is 0.835. The smallest absolute Gasteiger partial charge is 0.0417 e. The second-order valence-corrected chi connectivity index (χ2v) is 4.20. The molecule has 1 radical (unpaired) electrons. The van der Waals surface area contributed by atoms with Crippen LogP contribution in [0.4, 0.5) is 0 Å². The van der Waals surface area contributed by atoms with E-state index in [1.807, 2.05) is 0 Å². The van der Waals surface area contributed by atoms with Gasteiger partial charge in [-0.1, -0.05) is 47.5 Å². The third-order valence-electron chi connectivity index (χ3n) is 2.61. The van der Waals surface area contributed by atoms with Gasteiger partial charge in [-0.25, -0.2) is 0 Å². The Labute approximate surface area is 72.4 Å². The normalized spacial score (nSPS) is 16.9. The van der Waals surface area contributed by atoms with Gasteiger partial charge < -0.3 is 0 Å². The summed E-state index contributed by atoms with van der Waals surface area (Å²) in [5, 5.41) is 0. The van der Waals surface area contributed by atoms with Crippen LogP contribution in [0, 0.1) is 24.7 Å². The van der Waals surface area contributed by atoms with Crippen molar-refractivity contribution in [3.63, 3.8) is 0 Å². The molecule has 0 aliphatic heterocycles. The lowest BCUT2D eigenvalue weighted by atomic mass is 9.87. The van der Waals surface area contributed by atoms with Crippen LogP contribution in [-0.4, -0.2) is 0 Å². The van der Waals surface area contributed by atoms with Crippen LogP contribution in [-0.2, 0) is 0 Å². The van der Waals surface area contributed by atoms with E-state index in [4.69, 9.17) is 0 Å². The topological polar surface area (TPSA) is 0 Å². The van der Waals surface area contributed by atoms with Gasteiger partial charge in [-0.3, -0.25) is 0 Å². The van der Waals surface area contributed by atoms with Crippen LogP contribution < -0.4 is 0 Å². The molecule has 0 nitrogen and oxygen atoms in total. The summed E-state index contributed by atoms with van der Waals surface area (Å²) in [7, 11) is 0.